The number of likely N-dealkylation sites (N-methyl/N-ethyl adjacent to an activating group) is 2. The molecular formula is C28H33N3O3S. The van der Waals surface area contributed by atoms with E-state index >= 15 is 0 Å². The predicted octanol–water partition coefficient (Wildman–Crippen LogP) is 5.00. The van der Waals surface area contributed by atoms with E-state index in [4.69, 9.17) is 4.74 Å². The van der Waals surface area contributed by atoms with Crippen LogP contribution >= 0.6 is 11.3 Å². The van der Waals surface area contributed by atoms with E-state index in [1.807, 2.05) is 50.4 Å². The summed E-state index contributed by atoms with van der Waals surface area (Å²) in [5, 5.41) is 1.42. The lowest BCUT2D eigenvalue weighted by Gasteiger charge is -2.23. The fourth-order valence-corrected chi connectivity index (χ4v) is 5.71. The van der Waals surface area contributed by atoms with Gasteiger partial charge in [0.2, 0.25) is 0 Å². The van der Waals surface area contributed by atoms with E-state index in [2.05, 4.69) is 30.9 Å². The van der Waals surface area contributed by atoms with Gasteiger partial charge in [0.25, 0.3) is 11.5 Å². The van der Waals surface area contributed by atoms with Crippen LogP contribution < -0.4 is 10.3 Å². The van der Waals surface area contributed by atoms with Crippen LogP contribution in [0.2, 0.25) is 0 Å². The second kappa shape index (κ2) is 10.6. The van der Waals surface area contributed by atoms with E-state index in [0.717, 1.165) is 40.8 Å². The van der Waals surface area contributed by atoms with Gasteiger partial charge in [-0.1, -0.05) is 61.9 Å². The second-order valence-corrected chi connectivity index (χ2v) is 9.84. The van der Waals surface area contributed by atoms with Crippen LogP contribution in [0.3, 0.4) is 0 Å². The summed E-state index contributed by atoms with van der Waals surface area (Å²) in [5.74, 6) is 0.252. The minimum Gasteiger partial charge on any atom is -0.494 e. The molecule has 184 valence electrons. The van der Waals surface area contributed by atoms with E-state index in [-0.39, 0.29) is 11.5 Å². The van der Waals surface area contributed by atoms with Crippen molar-refractivity contribution >= 4 is 38.2 Å². The van der Waals surface area contributed by atoms with Crippen LogP contribution in [0.5, 0.6) is 5.75 Å². The first-order valence-electron chi connectivity index (χ1n) is 12.0. The number of amides is 1. The van der Waals surface area contributed by atoms with Crippen molar-refractivity contribution < 1.29 is 9.53 Å². The first kappa shape index (κ1) is 24.9. The third-order valence-electron chi connectivity index (χ3n) is 6.62. The summed E-state index contributed by atoms with van der Waals surface area (Å²) in [6, 6.07) is 16.1. The van der Waals surface area contributed by atoms with Gasteiger partial charge in [-0.15, -0.1) is 11.3 Å². The summed E-state index contributed by atoms with van der Waals surface area (Å²) in [4.78, 5) is 31.8. The zero-order chi connectivity index (χ0) is 25.1. The summed E-state index contributed by atoms with van der Waals surface area (Å²) in [5.41, 5.74) is 2.93. The zero-order valence-electron chi connectivity index (χ0n) is 21.1. The molecule has 4 aromatic rings. The molecule has 4 rings (SSSR count). The normalized spacial score (nSPS) is 11.5. The standard InChI is InChI=1S/C28H33N3O3S/c1-6-30(7-2)17-16-29(4)28(33)26-24(34-5)23-25(35-26)21-10-8-9-11-22(21)31(27(23)32)18-20-14-12-19(3)13-15-20/h8-15H,6-7,16-18H2,1-5H3. The van der Waals surface area contributed by atoms with Crippen molar-refractivity contribution in [1.82, 2.24) is 14.4 Å². The van der Waals surface area contributed by atoms with Crippen molar-refractivity contribution in [3.63, 3.8) is 0 Å². The van der Waals surface area contributed by atoms with Gasteiger partial charge in [0.1, 0.15) is 10.3 Å². The number of rotatable bonds is 9. The molecular weight excluding hydrogens is 458 g/mol. The monoisotopic (exact) mass is 491 g/mol. The Morgan fingerprint density at radius 2 is 1.71 bits per heavy atom. The van der Waals surface area contributed by atoms with Gasteiger partial charge in [-0.05, 0) is 31.6 Å². The average molecular weight is 492 g/mol. The number of pyridine rings is 1. The van der Waals surface area contributed by atoms with E-state index in [9.17, 15) is 9.59 Å². The highest BCUT2D eigenvalue weighted by molar-refractivity contribution is 7.22. The maximum atomic E-state index is 13.9. The predicted molar refractivity (Wildman–Crippen MR) is 145 cm³/mol. The van der Waals surface area contributed by atoms with Gasteiger partial charge in [0.15, 0.2) is 5.75 Å². The second-order valence-electron chi connectivity index (χ2n) is 8.82. The largest absolute Gasteiger partial charge is 0.494 e. The van der Waals surface area contributed by atoms with Gasteiger partial charge < -0.3 is 19.1 Å². The van der Waals surface area contributed by atoms with Crippen molar-refractivity contribution in [2.24, 2.45) is 0 Å². The summed E-state index contributed by atoms with van der Waals surface area (Å²) in [6.07, 6.45) is 0. The topological polar surface area (TPSA) is 54.8 Å². The number of thiophene rings is 1. The molecule has 0 aliphatic rings. The number of nitrogens with zero attached hydrogens (tertiary/aromatic N) is 3. The van der Waals surface area contributed by atoms with E-state index in [1.165, 1.54) is 24.0 Å². The fourth-order valence-electron chi connectivity index (χ4n) is 4.42. The van der Waals surface area contributed by atoms with Gasteiger partial charge >= 0.3 is 0 Å². The lowest BCUT2D eigenvalue weighted by molar-refractivity contribution is 0.0781. The summed E-state index contributed by atoms with van der Waals surface area (Å²) in [7, 11) is 3.34. The van der Waals surface area contributed by atoms with Gasteiger partial charge in [0.05, 0.1) is 23.9 Å². The van der Waals surface area contributed by atoms with Crippen LogP contribution in [0.1, 0.15) is 34.6 Å². The summed E-state index contributed by atoms with van der Waals surface area (Å²) >= 11 is 1.35. The van der Waals surface area contributed by atoms with Crippen LogP contribution in [-0.2, 0) is 6.54 Å². The van der Waals surface area contributed by atoms with E-state index < -0.39 is 0 Å². The third kappa shape index (κ3) is 4.83. The van der Waals surface area contributed by atoms with Crippen LogP contribution in [-0.4, -0.2) is 60.6 Å². The fraction of sp³-hybridized carbons (Fsp3) is 0.357. The van der Waals surface area contributed by atoms with Gasteiger partial charge in [-0.3, -0.25) is 9.59 Å². The Kier molecular flexibility index (Phi) is 7.57. The molecule has 0 fully saturated rings. The molecule has 0 unspecified atom stereocenters. The Bertz CT molecular complexity index is 1400. The molecule has 2 aromatic heterocycles. The summed E-state index contributed by atoms with van der Waals surface area (Å²) in [6.45, 7) is 10.0. The molecule has 0 aliphatic carbocycles. The molecule has 0 spiro atoms. The lowest BCUT2D eigenvalue weighted by Crippen LogP contribution is -2.36. The highest BCUT2D eigenvalue weighted by Crippen LogP contribution is 2.40. The van der Waals surface area contributed by atoms with Crippen LogP contribution in [0.4, 0.5) is 0 Å². The number of methoxy groups -OCH3 is 1. The Balaban J connectivity index is 1.83. The summed E-state index contributed by atoms with van der Waals surface area (Å²) < 4.78 is 8.31. The van der Waals surface area contributed by atoms with Gasteiger partial charge in [-0.25, -0.2) is 0 Å². The molecule has 0 saturated carbocycles. The van der Waals surface area contributed by atoms with Crippen LogP contribution in [0, 0.1) is 6.92 Å². The first-order valence-corrected chi connectivity index (χ1v) is 12.9. The number of carbonyl (C=O) groups is 1. The highest BCUT2D eigenvalue weighted by atomic mass is 32.1. The van der Waals surface area contributed by atoms with Crippen molar-refractivity contribution in [1.29, 1.82) is 0 Å². The van der Waals surface area contributed by atoms with E-state index in [0.29, 0.717) is 29.1 Å². The molecule has 0 aliphatic heterocycles. The SMILES string of the molecule is CCN(CC)CCN(C)C(=O)c1sc2c(c1OC)c(=O)n(Cc1ccc(C)cc1)c1ccccc21. The number of hydrogen-bond donors (Lipinski definition) is 0. The quantitative estimate of drug-likeness (QED) is 0.331. The molecule has 2 aromatic carbocycles. The average Bonchev–Trinajstić information content (AvgIpc) is 3.27. The minimum atomic E-state index is -0.141. The number of ether oxygens (including phenoxy) is 1. The Labute approximate surface area is 210 Å². The van der Waals surface area contributed by atoms with Crippen molar-refractivity contribution in [2.75, 3.05) is 40.3 Å². The highest BCUT2D eigenvalue weighted by Gasteiger charge is 2.26. The molecule has 0 N–H and O–H groups in total. The van der Waals surface area contributed by atoms with Gasteiger partial charge in [0, 0.05) is 25.5 Å². The maximum Gasteiger partial charge on any atom is 0.267 e. The molecule has 0 radical (unpaired) electrons. The lowest BCUT2D eigenvalue weighted by atomic mass is 10.1. The number of carbonyl (C=O) groups excluding carboxylic acids is 1. The molecule has 0 saturated heterocycles. The number of aromatic nitrogens is 1. The molecule has 2 heterocycles. The van der Waals surface area contributed by atoms with E-state index in [1.54, 1.807) is 9.47 Å². The van der Waals surface area contributed by atoms with Gasteiger partial charge in [-0.2, -0.15) is 0 Å². The van der Waals surface area contributed by atoms with Crippen molar-refractivity contribution in [3.8, 4) is 5.75 Å². The Morgan fingerprint density at radius 1 is 1.03 bits per heavy atom. The zero-order valence-corrected chi connectivity index (χ0v) is 21.9. The molecule has 35 heavy (non-hydrogen) atoms. The Hall–Kier alpha value is -3.16. The number of para-hydroxylation sites is 1. The van der Waals surface area contributed by atoms with Crippen LogP contribution in [0.15, 0.2) is 53.3 Å². The first-order chi connectivity index (χ1) is 16.9. The van der Waals surface area contributed by atoms with Crippen LogP contribution in [0.25, 0.3) is 21.0 Å². The molecule has 0 atom stereocenters. The maximum absolute atomic E-state index is 13.9. The molecule has 1 amide bonds. The minimum absolute atomic E-state index is 0.122. The Morgan fingerprint density at radius 3 is 2.37 bits per heavy atom. The number of aryl methyl sites for hydroxylation is 1. The number of benzene rings is 2. The molecule has 6 nitrogen and oxygen atoms in total. The molecule has 0 bridgehead atoms. The third-order valence-corrected chi connectivity index (χ3v) is 7.81. The number of fused-ring (bicyclic) bond motifs is 3. The molecule has 7 heteroatoms. The van der Waals surface area contributed by atoms with Crippen molar-refractivity contribution in [2.45, 2.75) is 27.3 Å². The smallest absolute Gasteiger partial charge is 0.267 e. The van der Waals surface area contributed by atoms with Crippen molar-refractivity contribution in [3.05, 3.63) is 74.9 Å². The number of hydrogen-bond acceptors (Lipinski definition) is 5.